The zero-order valence-electron chi connectivity index (χ0n) is 8.39. The second kappa shape index (κ2) is 7.63. The number of likely N-dealkylation sites (N-methyl/N-ethyl adjacent to an activating group) is 1. The van der Waals surface area contributed by atoms with E-state index in [2.05, 4.69) is 16.6 Å². The summed E-state index contributed by atoms with van der Waals surface area (Å²) in [5.41, 5.74) is 0. The van der Waals surface area contributed by atoms with Gasteiger partial charge in [0.1, 0.15) is 0 Å². The molecule has 0 aliphatic heterocycles. The molecule has 0 spiro atoms. The van der Waals surface area contributed by atoms with Gasteiger partial charge in [-0.05, 0) is 26.8 Å². The molecule has 0 aliphatic rings. The number of unbranched alkanes of at least 4 members (excludes halogenated alkanes) is 2. The maximum absolute atomic E-state index is 11.2. The van der Waals surface area contributed by atoms with E-state index in [0.29, 0.717) is 6.54 Å². The molecule has 0 aromatic carbocycles. The van der Waals surface area contributed by atoms with E-state index in [0.717, 1.165) is 19.3 Å². The highest BCUT2D eigenvalue weighted by Gasteiger charge is 2.07. The van der Waals surface area contributed by atoms with Crippen molar-refractivity contribution >= 4 is 5.91 Å². The number of terminal acetylenes is 1. The molecule has 0 fully saturated rings. The molecule has 1 atom stereocenters. The van der Waals surface area contributed by atoms with Gasteiger partial charge in [-0.2, -0.15) is 0 Å². The summed E-state index contributed by atoms with van der Waals surface area (Å²) >= 11 is 0. The van der Waals surface area contributed by atoms with Crippen molar-refractivity contribution in [3.05, 3.63) is 0 Å². The average molecular weight is 182 g/mol. The third-order valence-corrected chi connectivity index (χ3v) is 1.87. The van der Waals surface area contributed by atoms with Crippen molar-refractivity contribution in [3.8, 4) is 12.3 Å². The molecule has 0 aromatic rings. The van der Waals surface area contributed by atoms with Gasteiger partial charge in [-0.3, -0.25) is 4.79 Å². The Balaban J connectivity index is 3.33. The first kappa shape index (κ1) is 12.0. The highest BCUT2D eigenvalue weighted by molar-refractivity contribution is 5.81. The quantitative estimate of drug-likeness (QED) is 0.464. The molecule has 74 valence electrons. The SMILES string of the molecule is C#CCCCCNC(=O)C(C)NC. The first-order valence-electron chi connectivity index (χ1n) is 4.60. The van der Waals surface area contributed by atoms with E-state index in [1.54, 1.807) is 7.05 Å². The van der Waals surface area contributed by atoms with Crippen LogP contribution in [-0.2, 0) is 4.79 Å². The second-order valence-electron chi connectivity index (χ2n) is 2.96. The average Bonchev–Trinajstić information content (AvgIpc) is 2.16. The predicted molar refractivity (Wildman–Crippen MR) is 54.2 cm³/mol. The van der Waals surface area contributed by atoms with E-state index >= 15 is 0 Å². The van der Waals surface area contributed by atoms with Crippen LogP contribution in [0, 0.1) is 12.3 Å². The number of amides is 1. The summed E-state index contributed by atoms with van der Waals surface area (Å²) in [4.78, 5) is 11.2. The molecule has 0 saturated heterocycles. The zero-order chi connectivity index (χ0) is 10.1. The molecule has 0 bridgehead atoms. The molecular weight excluding hydrogens is 164 g/mol. The van der Waals surface area contributed by atoms with Crippen LogP contribution < -0.4 is 10.6 Å². The zero-order valence-corrected chi connectivity index (χ0v) is 8.39. The second-order valence-corrected chi connectivity index (χ2v) is 2.96. The minimum Gasteiger partial charge on any atom is -0.355 e. The Morgan fingerprint density at radius 2 is 2.23 bits per heavy atom. The Morgan fingerprint density at radius 1 is 1.54 bits per heavy atom. The van der Waals surface area contributed by atoms with Gasteiger partial charge in [-0.25, -0.2) is 0 Å². The van der Waals surface area contributed by atoms with E-state index < -0.39 is 0 Å². The summed E-state index contributed by atoms with van der Waals surface area (Å²) in [6, 6.07) is -0.118. The Hall–Kier alpha value is -1.01. The van der Waals surface area contributed by atoms with Crippen LogP contribution >= 0.6 is 0 Å². The van der Waals surface area contributed by atoms with Gasteiger partial charge in [0.15, 0.2) is 0 Å². The van der Waals surface area contributed by atoms with E-state index in [4.69, 9.17) is 6.42 Å². The van der Waals surface area contributed by atoms with Crippen LogP contribution in [0.3, 0.4) is 0 Å². The highest BCUT2D eigenvalue weighted by Crippen LogP contribution is 1.91. The molecule has 1 unspecified atom stereocenters. The van der Waals surface area contributed by atoms with Crippen molar-refractivity contribution in [1.82, 2.24) is 10.6 Å². The molecule has 0 saturated carbocycles. The normalized spacial score (nSPS) is 11.8. The molecule has 13 heavy (non-hydrogen) atoms. The molecule has 0 aliphatic carbocycles. The Labute approximate surface area is 80.3 Å². The van der Waals surface area contributed by atoms with Crippen molar-refractivity contribution in [2.75, 3.05) is 13.6 Å². The summed E-state index contributed by atoms with van der Waals surface area (Å²) in [6.07, 6.45) is 7.81. The molecule has 1 amide bonds. The highest BCUT2D eigenvalue weighted by atomic mass is 16.2. The lowest BCUT2D eigenvalue weighted by molar-refractivity contribution is -0.122. The third kappa shape index (κ3) is 6.18. The van der Waals surface area contributed by atoms with E-state index in [9.17, 15) is 4.79 Å². The fourth-order valence-electron chi connectivity index (χ4n) is 0.848. The number of carbonyl (C=O) groups is 1. The van der Waals surface area contributed by atoms with E-state index in [1.165, 1.54) is 0 Å². The molecule has 0 radical (unpaired) electrons. The topological polar surface area (TPSA) is 41.1 Å². The van der Waals surface area contributed by atoms with Crippen molar-refractivity contribution in [3.63, 3.8) is 0 Å². The number of nitrogens with one attached hydrogen (secondary N) is 2. The fourth-order valence-corrected chi connectivity index (χ4v) is 0.848. The van der Waals surface area contributed by atoms with Gasteiger partial charge in [0, 0.05) is 13.0 Å². The van der Waals surface area contributed by atoms with Gasteiger partial charge in [-0.1, -0.05) is 0 Å². The maximum Gasteiger partial charge on any atom is 0.236 e. The number of rotatable bonds is 6. The molecule has 0 aromatic heterocycles. The summed E-state index contributed by atoms with van der Waals surface area (Å²) in [5.74, 6) is 2.61. The van der Waals surface area contributed by atoms with Crippen LogP contribution in [0.1, 0.15) is 26.2 Å². The summed E-state index contributed by atoms with van der Waals surface area (Å²) < 4.78 is 0. The fraction of sp³-hybridized carbons (Fsp3) is 0.700. The van der Waals surface area contributed by atoms with Crippen LogP contribution in [0.4, 0.5) is 0 Å². The Morgan fingerprint density at radius 3 is 2.77 bits per heavy atom. The van der Waals surface area contributed by atoms with Crippen LogP contribution in [0.2, 0.25) is 0 Å². The van der Waals surface area contributed by atoms with Crippen LogP contribution in [0.15, 0.2) is 0 Å². The largest absolute Gasteiger partial charge is 0.355 e. The van der Waals surface area contributed by atoms with Crippen LogP contribution in [0.5, 0.6) is 0 Å². The lowest BCUT2D eigenvalue weighted by Gasteiger charge is -2.10. The number of hydrogen-bond acceptors (Lipinski definition) is 2. The Kier molecular flexibility index (Phi) is 7.04. The minimum atomic E-state index is -0.118. The standard InChI is InChI=1S/C10H18N2O/c1-4-5-6-7-8-12-10(13)9(2)11-3/h1,9,11H,5-8H2,2-3H3,(H,12,13). The molecule has 0 rings (SSSR count). The van der Waals surface area contributed by atoms with Crippen molar-refractivity contribution in [2.24, 2.45) is 0 Å². The smallest absolute Gasteiger partial charge is 0.236 e. The number of carbonyl (C=O) groups excluding carboxylic acids is 1. The Bertz CT molecular complexity index is 184. The first-order chi connectivity index (χ1) is 6.22. The molecule has 2 N–H and O–H groups in total. The van der Waals surface area contributed by atoms with Gasteiger partial charge in [0.25, 0.3) is 0 Å². The van der Waals surface area contributed by atoms with Gasteiger partial charge in [0.2, 0.25) is 5.91 Å². The van der Waals surface area contributed by atoms with Gasteiger partial charge >= 0.3 is 0 Å². The van der Waals surface area contributed by atoms with Crippen molar-refractivity contribution < 1.29 is 4.79 Å². The van der Waals surface area contributed by atoms with Crippen molar-refractivity contribution in [2.45, 2.75) is 32.2 Å². The monoisotopic (exact) mass is 182 g/mol. The van der Waals surface area contributed by atoms with Crippen LogP contribution in [-0.4, -0.2) is 25.5 Å². The molecular formula is C10H18N2O. The summed E-state index contributed by atoms with van der Waals surface area (Å²) in [6.45, 7) is 2.54. The summed E-state index contributed by atoms with van der Waals surface area (Å²) in [7, 11) is 1.77. The number of hydrogen-bond donors (Lipinski definition) is 2. The lowest BCUT2D eigenvalue weighted by atomic mass is 10.2. The molecule has 3 nitrogen and oxygen atoms in total. The summed E-state index contributed by atoms with van der Waals surface area (Å²) in [5, 5.41) is 5.69. The first-order valence-corrected chi connectivity index (χ1v) is 4.60. The van der Waals surface area contributed by atoms with Crippen LogP contribution in [0.25, 0.3) is 0 Å². The molecule has 0 heterocycles. The van der Waals surface area contributed by atoms with Gasteiger partial charge < -0.3 is 10.6 Å². The molecule has 3 heteroatoms. The van der Waals surface area contributed by atoms with Gasteiger partial charge in [0.05, 0.1) is 6.04 Å². The van der Waals surface area contributed by atoms with Gasteiger partial charge in [-0.15, -0.1) is 12.3 Å². The minimum absolute atomic E-state index is 0.0446. The maximum atomic E-state index is 11.2. The van der Waals surface area contributed by atoms with E-state index in [1.807, 2.05) is 6.92 Å². The van der Waals surface area contributed by atoms with E-state index in [-0.39, 0.29) is 11.9 Å². The van der Waals surface area contributed by atoms with Crippen molar-refractivity contribution in [1.29, 1.82) is 0 Å². The lowest BCUT2D eigenvalue weighted by Crippen LogP contribution is -2.40. The predicted octanol–water partition coefficient (Wildman–Crippen LogP) is 0.514. The third-order valence-electron chi connectivity index (χ3n) is 1.87.